The second-order valence-electron chi connectivity index (χ2n) is 5.05. The van der Waals surface area contributed by atoms with E-state index in [-0.39, 0.29) is 11.9 Å². The van der Waals surface area contributed by atoms with Gasteiger partial charge < -0.3 is 20.3 Å². The van der Waals surface area contributed by atoms with Crippen molar-refractivity contribution in [2.45, 2.75) is 19.9 Å². The summed E-state index contributed by atoms with van der Waals surface area (Å²) in [7, 11) is 1.59. The first-order valence-electron chi connectivity index (χ1n) is 7.01. The molecule has 6 heteroatoms. The third-order valence-electron chi connectivity index (χ3n) is 3.51. The molecule has 0 aliphatic carbocycles. The van der Waals surface area contributed by atoms with Gasteiger partial charge in [0.25, 0.3) is 0 Å². The largest absolute Gasteiger partial charge is 0.383 e. The molecular formula is C15H21N3O3. The van der Waals surface area contributed by atoms with Gasteiger partial charge in [-0.3, -0.25) is 4.79 Å². The minimum Gasteiger partial charge on any atom is -0.383 e. The lowest BCUT2D eigenvalue weighted by Crippen LogP contribution is -2.34. The zero-order valence-electron chi connectivity index (χ0n) is 12.4. The number of hydrogen-bond donors (Lipinski definition) is 2. The molecular weight excluding hydrogens is 270 g/mol. The fourth-order valence-corrected chi connectivity index (χ4v) is 2.35. The summed E-state index contributed by atoms with van der Waals surface area (Å²) in [6.07, 6.45) is 0.856. The number of nitrogens with one attached hydrogen (secondary N) is 2. The molecule has 0 saturated heterocycles. The number of amides is 3. The topological polar surface area (TPSA) is 70.7 Å². The van der Waals surface area contributed by atoms with Crippen LogP contribution < -0.4 is 10.6 Å². The number of rotatable bonds is 4. The van der Waals surface area contributed by atoms with E-state index in [1.54, 1.807) is 14.0 Å². The molecule has 114 valence electrons. The number of anilines is 1. The molecule has 0 radical (unpaired) electrons. The van der Waals surface area contributed by atoms with Gasteiger partial charge >= 0.3 is 6.03 Å². The molecule has 1 aromatic rings. The zero-order chi connectivity index (χ0) is 15.2. The smallest absolute Gasteiger partial charge is 0.319 e. The van der Waals surface area contributed by atoms with Crippen LogP contribution in [-0.2, 0) is 22.5 Å². The molecule has 21 heavy (non-hydrogen) atoms. The Labute approximate surface area is 124 Å². The fraction of sp³-hybridized carbons (Fsp3) is 0.467. The van der Waals surface area contributed by atoms with Crippen molar-refractivity contribution in [3.63, 3.8) is 0 Å². The number of urea groups is 1. The van der Waals surface area contributed by atoms with Gasteiger partial charge in [-0.05, 0) is 29.7 Å². The minimum atomic E-state index is -0.258. The van der Waals surface area contributed by atoms with Gasteiger partial charge in [-0.15, -0.1) is 0 Å². The molecule has 0 saturated carbocycles. The molecule has 0 unspecified atom stereocenters. The Morgan fingerprint density at radius 1 is 1.33 bits per heavy atom. The minimum absolute atomic E-state index is 0.0799. The van der Waals surface area contributed by atoms with E-state index in [1.165, 1.54) is 5.56 Å². The van der Waals surface area contributed by atoms with Crippen LogP contribution in [0, 0.1) is 0 Å². The van der Waals surface area contributed by atoms with E-state index >= 15 is 0 Å². The first kappa shape index (κ1) is 15.3. The first-order valence-corrected chi connectivity index (χ1v) is 7.01. The number of fused-ring (bicyclic) bond motifs is 1. The quantitative estimate of drug-likeness (QED) is 0.823. The summed E-state index contributed by atoms with van der Waals surface area (Å²) >= 11 is 0. The van der Waals surface area contributed by atoms with E-state index < -0.39 is 0 Å². The molecule has 2 rings (SSSR count). The molecule has 6 nitrogen and oxygen atoms in total. The third-order valence-corrected chi connectivity index (χ3v) is 3.51. The van der Waals surface area contributed by atoms with Crippen molar-refractivity contribution in [1.29, 1.82) is 0 Å². The number of nitrogens with zero attached hydrogens (tertiary/aromatic N) is 1. The van der Waals surface area contributed by atoms with Crippen molar-refractivity contribution in [3.05, 3.63) is 29.3 Å². The number of ether oxygens (including phenoxy) is 1. The number of carbonyl (C=O) groups is 2. The van der Waals surface area contributed by atoms with E-state index in [9.17, 15) is 9.59 Å². The van der Waals surface area contributed by atoms with Crippen molar-refractivity contribution >= 4 is 17.6 Å². The molecule has 3 amide bonds. The van der Waals surface area contributed by atoms with Crippen LogP contribution in [0.2, 0.25) is 0 Å². The van der Waals surface area contributed by atoms with Crippen LogP contribution in [0.3, 0.4) is 0 Å². The second kappa shape index (κ2) is 7.08. The maximum absolute atomic E-state index is 11.7. The molecule has 1 heterocycles. The van der Waals surface area contributed by atoms with E-state index in [0.29, 0.717) is 19.7 Å². The standard InChI is InChI=1S/C15H21N3O3/c1-11(19)18-7-5-12-3-4-14(9-13(12)10-18)17-15(20)16-6-8-21-2/h3-4,9H,5-8,10H2,1-2H3,(H2,16,17,20). The Hall–Kier alpha value is -2.08. The average molecular weight is 291 g/mol. The lowest BCUT2D eigenvalue weighted by atomic mass is 9.99. The molecule has 0 aromatic heterocycles. The molecule has 0 spiro atoms. The van der Waals surface area contributed by atoms with Crippen molar-refractivity contribution in [2.75, 3.05) is 32.1 Å². The van der Waals surface area contributed by atoms with E-state index in [1.807, 2.05) is 23.1 Å². The normalized spacial score (nSPS) is 13.5. The predicted molar refractivity (Wildman–Crippen MR) is 80.1 cm³/mol. The van der Waals surface area contributed by atoms with Gasteiger partial charge in [0, 0.05) is 39.4 Å². The summed E-state index contributed by atoms with van der Waals surface area (Å²) < 4.78 is 4.87. The first-order chi connectivity index (χ1) is 10.1. The molecule has 0 atom stereocenters. The summed E-state index contributed by atoms with van der Waals surface area (Å²) in [4.78, 5) is 24.9. The highest BCUT2D eigenvalue weighted by atomic mass is 16.5. The van der Waals surface area contributed by atoms with Gasteiger partial charge in [0.2, 0.25) is 5.91 Å². The summed E-state index contributed by atoms with van der Waals surface area (Å²) in [6.45, 7) is 3.88. The molecule has 1 aliphatic heterocycles. The van der Waals surface area contributed by atoms with Crippen LogP contribution in [0.15, 0.2) is 18.2 Å². The summed E-state index contributed by atoms with van der Waals surface area (Å²) in [5.74, 6) is 0.0799. The predicted octanol–water partition coefficient (Wildman–Crippen LogP) is 1.36. The number of hydrogen-bond acceptors (Lipinski definition) is 3. The van der Waals surface area contributed by atoms with E-state index in [2.05, 4.69) is 10.6 Å². The Morgan fingerprint density at radius 3 is 2.86 bits per heavy atom. The van der Waals surface area contributed by atoms with Crippen LogP contribution in [0.1, 0.15) is 18.1 Å². The summed E-state index contributed by atoms with van der Waals surface area (Å²) in [6, 6.07) is 5.57. The number of carbonyl (C=O) groups excluding carboxylic acids is 2. The van der Waals surface area contributed by atoms with Gasteiger partial charge in [-0.1, -0.05) is 6.07 Å². The van der Waals surface area contributed by atoms with Crippen LogP contribution in [-0.4, -0.2) is 43.6 Å². The summed E-state index contributed by atoms with van der Waals surface area (Å²) in [5, 5.41) is 5.49. The highest BCUT2D eigenvalue weighted by molar-refractivity contribution is 5.89. The van der Waals surface area contributed by atoms with Crippen molar-refractivity contribution in [2.24, 2.45) is 0 Å². The van der Waals surface area contributed by atoms with Gasteiger partial charge in [0.15, 0.2) is 0 Å². The van der Waals surface area contributed by atoms with Crippen LogP contribution in [0.4, 0.5) is 10.5 Å². The van der Waals surface area contributed by atoms with Gasteiger partial charge in [-0.2, -0.15) is 0 Å². The lowest BCUT2D eigenvalue weighted by Gasteiger charge is -2.28. The van der Waals surface area contributed by atoms with Crippen molar-refractivity contribution in [1.82, 2.24) is 10.2 Å². The van der Waals surface area contributed by atoms with Crippen LogP contribution in [0.5, 0.6) is 0 Å². The third kappa shape index (κ3) is 4.19. The maximum atomic E-state index is 11.7. The molecule has 0 fully saturated rings. The monoisotopic (exact) mass is 291 g/mol. The maximum Gasteiger partial charge on any atom is 0.319 e. The highest BCUT2D eigenvalue weighted by Crippen LogP contribution is 2.22. The molecule has 1 aromatic carbocycles. The summed E-state index contributed by atoms with van der Waals surface area (Å²) in [5.41, 5.74) is 3.05. The SMILES string of the molecule is COCCNC(=O)Nc1ccc2c(c1)CN(C(C)=O)CC2. The fourth-order valence-electron chi connectivity index (χ4n) is 2.35. The lowest BCUT2D eigenvalue weighted by molar-refractivity contribution is -0.129. The second-order valence-corrected chi connectivity index (χ2v) is 5.05. The van der Waals surface area contributed by atoms with E-state index in [0.717, 1.165) is 24.2 Å². The number of methoxy groups -OCH3 is 1. The molecule has 0 bridgehead atoms. The van der Waals surface area contributed by atoms with Crippen molar-refractivity contribution in [3.8, 4) is 0 Å². The molecule has 1 aliphatic rings. The average Bonchev–Trinajstić information content (AvgIpc) is 2.46. The Kier molecular flexibility index (Phi) is 5.16. The molecule has 2 N–H and O–H groups in total. The Bertz CT molecular complexity index is 531. The van der Waals surface area contributed by atoms with E-state index in [4.69, 9.17) is 4.74 Å². The van der Waals surface area contributed by atoms with Crippen LogP contribution >= 0.6 is 0 Å². The van der Waals surface area contributed by atoms with Crippen LogP contribution in [0.25, 0.3) is 0 Å². The highest BCUT2D eigenvalue weighted by Gasteiger charge is 2.18. The van der Waals surface area contributed by atoms with Gasteiger partial charge in [0.1, 0.15) is 0 Å². The Balaban J connectivity index is 1.98. The van der Waals surface area contributed by atoms with Gasteiger partial charge in [0.05, 0.1) is 6.61 Å². The Morgan fingerprint density at radius 2 is 2.14 bits per heavy atom. The van der Waals surface area contributed by atoms with Crippen molar-refractivity contribution < 1.29 is 14.3 Å². The number of benzene rings is 1. The zero-order valence-corrected chi connectivity index (χ0v) is 12.4. The van der Waals surface area contributed by atoms with Gasteiger partial charge in [-0.25, -0.2) is 4.79 Å².